The summed E-state index contributed by atoms with van der Waals surface area (Å²) >= 11 is 0. The third-order valence-electron chi connectivity index (χ3n) is 15.4. The van der Waals surface area contributed by atoms with Gasteiger partial charge < -0.3 is 27.9 Å². The summed E-state index contributed by atoms with van der Waals surface area (Å²) < 4.78 is 34.3. The number of allylic oxidation sites excluding steroid dienone is 14. The molecule has 0 N–H and O–H groups in total. The molecular formula is C74H134NO8P. The number of hydrogen-bond donors (Lipinski definition) is 0. The molecule has 84 heavy (non-hydrogen) atoms. The van der Waals surface area contributed by atoms with Gasteiger partial charge in [0.05, 0.1) is 27.7 Å². The second kappa shape index (κ2) is 64.7. The predicted molar refractivity (Wildman–Crippen MR) is 360 cm³/mol. The van der Waals surface area contributed by atoms with Crippen LogP contribution in [0, 0.1) is 0 Å². The molecule has 0 aromatic rings. The minimum Gasteiger partial charge on any atom is -0.756 e. The average molecular weight is 1200 g/mol. The van der Waals surface area contributed by atoms with Crippen molar-refractivity contribution in [3.8, 4) is 0 Å². The van der Waals surface area contributed by atoms with Crippen molar-refractivity contribution in [3.05, 3.63) is 85.1 Å². The summed E-state index contributed by atoms with van der Waals surface area (Å²) in [5, 5.41) is 0. The first-order valence-corrected chi connectivity index (χ1v) is 36.8. The molecule has 10 heteroatoms. The Morgan fingerprint density at radius 2 is 0.679 bits per heavy atom. The SMILES string of the molecule is CC/C=C\C/C=C\C/C=C\C/C=C\CCCCCCCCCCCCCCCCC(=O)OC(COC(=O)CCCCCCCCCCCCCCCCCCCC/C=C\C/C=C\C/C=C\CCCCCCC)COP(=O)([O-])OCC[N+](C)(C)C. The lowest BCUT2D eigenvalue weighted by molar-refractivity contribution is -0.870. The van der Waals surface area contributed by atoms with Crippen molar-refractivity contribution < 1.29 is 42.1 Å². The lowest BCUT2D eigenvalue weighted by atomic mass is 10.0. The minimum absolute atomic E-state index is 0.0321. The molecule has 0 aliphatic heterocycles. The van der Waals surface area contributed by atoms with E-state index in [9.17, 15) is 19.0 Å². The van der Waals surface area contributed by atoms with E-state index in [4.69, 9.17) is 18.5 Å². The number of likely N-dealkylation sites (N-methyl/N-ethyl adjacent to an activating group) is 1. The normalized spacial score (nSPS) is 13.6. The van der Waals surface area contributed by atoms with Crippen LogP contribution in [0.25, 0.3) is 0 Å². The molecule has 0 aromatic carbocycles. The van der Waals surface area contributed by atoms with Gasteiger partial charge >= 0.3 is 11.9 Å². The highest BCUT2D eigenvalue weighted by Gasteiger charge is 2.22. The second-order valence-electron chi connectivity index (χ2n) is 24.9. The maximum atomic E-state index is 12.9. The zero-order valence-electron chi connectivity index (χ0n) is 55.6. The molecule has 488 valence electrons. The van der Waals surface area contributed by atoms with Gasteiger partial charge in [-0.1, -0.05) is 304 Å². The van der Waals surface area contributed by atoms with Crippen molar-refractivity contribution >= 4 is 19.8 Å². The fourth-order valence-corrected chi connectivity index (χ4v) is 10.7. The Kier molecular flexibility index (Phi) is 62.5. The van der Waals surface area contributed by atoms with Gasteiger partial charge in [-0.2, -0.15) is 0 Å². The smallest absolute Gasteiger partial charge is 0.306 e. The molecular weight excluding hydrogens is 1060 g/mol. The second-order valence-corrected chi connectivity index (χ2v) is 26.3. The van der Waals surface area contributed by atoms with Crippen LogP contribution in [0.2, 0.25) is 0 Å². The maximum absolute atomic E-state index is 12.9. The lowest BCUT2D eigenvalue weighted by Gasteiger charge is -2.28. The number of hydrogen-bond acceptors (Lipinski definition) is 8. The monoisotopic (exact) mass is 1200 g/mol. The van der Waals surface area contributed by atoms with Crippen LogP contribution in [0.15, 0.2) is 85.1 Å². The maximum Gasteiger partial charge on any atom is 0.306 e. The minimum atomic E-state index is -4.64. The molecule has 0 aliphatic rings. The molecule has 2 unspecified atom stereocenters. The van der Waals surface area contributed by atoms with Gasteiger partial charge in [0, 0.05) is 12.8 Å². The van der Waals surface area contributed by atoms with Gasteiger partial charge in [0.25, 0.3) is 7.82 Å². The molecule has 0 saturated heterocycles. The number of esters is 2. The molecule has 9 nitrogen and oxygen atoms in total. The van der Waals surface area contributed by atoms with Crippen molar-refractivity contribution in [1.82, 2.24) is 0 Å². The van der Waals surface area contributed by atoms with Crippen LogP contribution in [0.4, 0.5) is 0 Å². The topological polar surface area (TPSA) is 111 Å². The van der Waals surface area contributed by atoms with Crippen molar-refractivity contribution in [2.75, 3.05) is 47.5 Å². The van der Waals surface area contributed by atoms with Gasteiger partial charge in [0.15, 0.2) is 6.10 Å². The first kappa shape index (κ1) is 81.2. The standard InChI is InChI=1S/C74H134NO8P/c1-6-8-10-12-14-16-18-20-22-24-26-28-30-32-34-35-36-37-38-39-41-42-44-46-48-50-52-54-56-58-60-62-64-66-73(76)80-70-72(71-82-84(78,79)81-69-68-75(3,4)5)83-74(77)67-65-63-61-59-57-55-53-51-49-47-45-43-40-33-31-29-27-25-23-21-19-17-15-13-11-9-7-2/h9,11,15,17-18,20-21,23-24,26-27,29-30,32,72H,6-8,10,12-14,16,19,22,25,28,31,33-71H2,1-5H3/b11-9-,17-15-,20-18-,23-21-,26-24-,29-27-,32-30-. The Morgan fingerprint density at radius 3 is 1.01 bits per heavy atom. The van der Waals surface area contributed by atoms with Crippen LogP contribution in [-0.2, 0) is 32.7 Å². The van der Waals surface area contributed by atoms with Gasteiger partial charge in [-0.3, -0.25) is 14.2 Å². The van der Waals surface area contributed by atoms with Gasteiger partial charge in [-0.25, -0.2) is 0 Å². The van der Waals surface area contributed by atoms with Gasteiger partial charge in [0.2, 0.25) is 0 Å². The van der Waals surface area contributed by atoms with Gasteiger partial charge in [-0.05, 0) is 89.9 Å². The zero-order valence-corrected chi connectivity index (χ0v) is 56.5. The van der Waals surface area contributed by atoms with Crippen molar-refractivity contribution in [2.24, 2.45) is 0 Å². The molecule has 0 fully saturated rings. The van der Waals surface area contributed by atoms with Crippen LogP contribution in [0.3, 0.4) is 0 Å². The Bertz CT molecular complexity index is 1690. The molecule has 0 rings (SSSR count). The largest absolute Gasteiger partial charge is 0.756 e. The predicted octanol–water partition coefficient (Wildman–Crippen LogP) is 22.3. The fraction of sp³-hybridized carbons (Fsp3) is 0.784. The molecule has 0 spiro atoms. The molecule has 0 radical (unpaired) electrons. The molecule has 0 saturated carbocycles. The number of quaternary nitrogens is 1. The average Bonchev–Trinajstić information content (AvgIpc) is 3.61. The van der Waals surface area contributed by atoms with Crippen molar-refractivity contribution in [1.29, 1.82) is 0 Å². The summed E-state index contributed by atoms with van der Waals surface area (Å²) in [6, 6.07) is 0. The van der Waals surface area contributed by atoms with E-state index in [1.807, 2.05) is 21.1 Å². The summed E-state index contributed by atoms with van der Waals surface area (Å²) in [6.07, 6.45) is 88.1. The molecule has 2 atom stereocenters. The number of unbranched alkanes of at least 4 members (excludes halogenated alkanes) is 37. The van der Waals surface area contributed by atoms with E-state index < -0.39 is 26.5 Å². The van der Waals surface area contributed by atoms with Crippen LogP contribution in [0.1, 0.15) is 322 Å². The summed E-state index contributed by atoms with van der Waals surface area (Å²) in [5.74, 6) is -0.823. The van der Waals surface area contributed by atoms with E-state index in [0.29, 0.717) is 17.4 Å². The molecule has 0 aromatic heterocycles. The van der Waals surface area contributed by atoms with E-state index in [0.717, 1.165) is 77.0 Å². The number of phosphoric acid groups is 1. The number of ether oxygens (including phenoxy) is 2. The highest BCUT2D eigenvalue weighted by molar-refractivity contribution is 7.45. The number of carbonyl (C=O) groups excluding carboxylic acids is 2. The number of nitrogens with zero attached hydrogens (tertiary/aromatic N) is 1. The Hall–Kier alpha value is -2.81. The number of phosphoric ester groups is 1. The van der Waals surface area contributed by atoms with Crippen molar-refractivity contribution in [3.63, 3.8) is 0 Å². The van der Waals surface area contributed by atoms with E-state index in [-0.39, 0.29) is 32.0 Å². The van der Waals surface area contributed by atoms with Crippen LogP contribution in [0.5, 0.6) is 0 Å². The molecule has 0 amide bonds. The zero-order chi connectivity index (χ0) is 61.2. The van der Waals surface area contributed by atoms with Crippen LogP contribution in [-0.4, -0.2) is 70.0 Å². The third-order valence-corrected chi connectivity index (χ3v) is 16.4. The molecule has 0 aliphatic carbocycles. The Labute approximate surface area is 520 Å². The fourth-order valence-electron chi connectivity index (χ4n) is 10.0. The summed E-state index contributed by atoms with van der Waals surface area (Å²) in [5.41, 5.74) is 0. The highest BCUT2D eigenvalue weighted by Crippen LogP contribution is 2.38. The summed E-state index contributed by atoms with van der Waals surface area (Å²) in [7, 11) is 1.17. The number of carbonyl (C=O) groups is 2. The van der Waals surface area contributed by atoms with E-state index >= 15 is 0 Å². The van der Waals surface area contributed by atoms with E-state index in [1.54, 1.807) is 0 Å². The Morgan fingerprint density at radius 1 is 0.381 bits per heavy atom. The molecule has 0 heterocycles. The van der Waals surface area contributed by atoms with Crippen LogP contribution < -0.4 is 4.89 Å². The quantitative estimate of drug-likeness (QED) is 0.0195. The highest BCUT2D eigenvalue weighted by atomic mass is 31.2. The summed E-state index contributed by atoms with van der Waals surface area (Å²) in [4.78, 5) is 38.1. The van der Waals surface area contributed by atoms with E-state index in [1.165, 1.54) is 212 Å². The van der Waals surface area contributed by atoms with Gasteiger partial charge in [-0.15, -0.1) is 0 Å². The third kappa shape index (κ3) is 68.3. The molecule has 0 bridgehead atoms. The van der Waals surface area contributed by atoms with Gasteiger partial charge in [0.1, 0.15) is 19.8 Å². The number of rotatable bonds is 65. The lowest BCUT2D eigenvalue weighted by Crippen LogP contribution is -2.37. The van der Waals surface area contributed by atoms with E-state index in [2.05, 4.69) is 98.9 Å². The van der Waals surface area contributed by atoms with Crippen LogP contribution >= 0.6 is 7.82 Å². The first-order chi connectivity index (χ1) is 41.0. The Balaban J connectivity index is 4.02. The van der Waals surface area contributed by atoms with Crippen molar-refractivity contribution in [2.45, 2.75) is 328 Å². The first-order valence-electron chi connectivity index (χ1n) is 35.3. The summed E-state index contributed by atoms with van der Waals surface area (Å²) in [6.45, 7) is 4.15.